The highest BCUT2D eigenvalue weighted by atomic mass is 32.1. The van der Waals surface area contributed by atoms with E-state index in [4.69, 9.17) is 4.74 Å². The number of thiophene rings is 1. The first-order valence-electron chi connectivity index (χ1n) is 11.1. The van der Waals surface area contributed by atoms with Crippen molar-refractivity contribution in [3.05, 3.63) is 86.8 Å². The summed E-state index contributed by atoms with van der Waals surface area (Å²) in [7, 11) is 0. The second kappa shape index (κ2) is 9.97. The molecule has 9 heteroatoms. The van der Waals surface area contributed by atoms with Crippen molar-refractivity contribution in [2.45, 2.75) is 39.5 Å². The second-order valence-electron chi connectivity index (χ2n) is 8.93. The largest absolute Gasteiger partial charge is 0.444 e. The van der Waals surface area contributed by atoms with Crippen LogP contribution in [0.4, 0.5) is 10.1 Å². The number of hydrogen-bond donors (Lipinski definition) is 1. The topological polar surface area (TPSA) is 94.4 Å². The van der Waals surface area contributed by atoms with Crippen molar-refractivity contribution >= 4 is 38.7 Å². The normalized spacial score (nSPS) is 11.3. The van der Waals surface area contributed by atoms with Crippen molar-refractivity contribution < 1.29 is 14.5 Å². The third-order valence-corrected chi connectivity index (χ3v) is 7.26. The van der Waals surface area contributed by atoms with E-state index in [1.165, 1.54) is 34.6 Å². The van der Waals surface area contributed by atoms with Gasteiger partial charge in [-0.2, -0.15) is 0 Å². The Kier molecular flexibility index (Phi) is 7.00. The molecule has 0 aliphatic carbocycles. The number of ether oxygens (including phenoxy) is 1. The molecule has 0 spiro atoms. The molecule has 2 aromatic carbocycles. The summed E-state index contributed by atoms with van der Waals surface area (Å²) in [5.74, 6) is 0.214. The van der Waals surface area contributed by atoms with Gasteiger partial charge in [0.2, 0.25) is 5.06 Å². The Morgan fingerprint density at radius 2 is 1.71 bits per heavy atom. The molecule has 0 aliphatic heterocycles. The van der Waals surface area contributed by atoms with Crippen LogP contribution in [0.2, 0.25) is 0 Å². The lowest BCUT2D eigenvalue weighted by Crippen LogP contribution is -2.10. The standard InChI is InChI=1S/C26H25N3O4S2/c1-5-16-6-8-17(9-7-16)22-24(33-19-12-10-18(11-13-19)26(2,3)4)35-25(27-22)28-23(30)20-14-15-21(34-20)29(31)32/h6-15H,5H2,1-4H3,(H,27,28,30). The van der Waals surface area contributed by atoms with Gasteiger partial charge in [0.25, 0.3) is 5.91 Å². The highest BCUT2D eigenvalue weighted by Crippen LogP contribution is 2.41. The Morgan fingerprint density at radius 1 is 1.03 bits per heavy atom. The van der Waals surface area contributed by atoms with E-state index in [0.29, 0.717) is 21.6 Å². The number of nitrogens with one attached hydrogen (secondary N) is 1. The minimum atomic E-state index is -0.514. The lowest BCUT2D eigenvalue weighted by atomic mass is 9.87. The summed E-state index contributed by atoms with van der Waals surface area (Å²) in [6, 6.07) is 18.7. The minimum Gasteiger partial charge on any atom is -0.444 e. The van der Waals surface area contributed by atoms with E-state index in [1.54, 1.807) is 0 Å². The number of benzene rings is 2. The molecule has 2 heterocycles. The fourth-order valence-electron chi connectivity index (χ4n) is 3.35. The zero-order chi connectivity index (χ0) is 25.2. The van der Waals surface area contributed by atoms with Gasteiger partial charge in [0.1, 0.15) is 11.4 Å². The average Bonchev–Trinajstić information content (AvgIpc) is 3.47. The van der Waals surface area contributed by atoms with Crippen LogP contribution in [0.15, 0.2) is 60.7 Å². The molecule has 0 fully saturated rings. The van der Waals surface area contributed by atoms with E-state index in [-0.39, 0.29) is 15.3 Å². The van der Waals surface area contributed by atoms with Gasteiger partial charge in [-0.15, -0.1) is 0 Å². The molecule has 2 aromatic heterocycles. The molecular weight excluding hydrogens is 482 g/mol. The number of carbonyl (C=O) groups excluding carboxylic acids is 1. The summed E-state index contributed by atoms with van der Waals surface area (Å²) < 4.78 is 6.21. The van der Waals surface area contributed by atoms with E-state index in [0.717, 1.165) is 23.3 Å². The fraction of sp³-hybridized carbons (Fsp3) is 0.231. The number of aromatic nitrogens is 1. The quantitative estimate of drug-likeness (QED) is 0.204. The Morgan fingerprint density at radius 3 is 2.29 bits per heavy atom. The van der Waals surface area contributed by atoms with Gasteiger partial charge in [-0.05, 0) is 41.2 Å². The first-order chi connectivity index (χ1) is 16.6. The van der Waals surface area contributed by atoms with Crippen molar-refractivity contribution in [3.63, 3.8) is 0 Å². The van der Waals surface area contributed by atoms with E-state index in [9.17, 15) is 14.9 Å². The zero-order valence-corrected chi connectivity index (χ0v) is 21.5. The van der Waals surface area contributed by atoms with Crippen LogP contribution in [0.25, 0.3) is 11.3 Å². The number of anilines is 1. The lowest BCUT2D eigenvalue weighted by Gasteiger charge is -2.19. The van der Waals surface area contributed by atoms with Gasteiger partial charge in [0.05, 0.1) is 9.80 Å². The van der Waals surface area contributed by atoms with E-state index in [1.807, 2.05) is 48.5 Å². The number of amides is 1. The number of rotatable bonds is 7. The molecular formula is C26H25N3O4S2. The molecule has 0 unspecified atom stereocenters. The average molecular weight is 508 g/mol. The smallest absolute Gasteiger partial charge is 0.324 e. The van der Waals surface area contributed by atoms with Crippen LogP contribution < -0.4 is 10.1 Å². The molecule has 35 heavy (non-hydrogen) atoms. The maximum absolute atomic E-state index is 12.7. The van der Waals surface area contributed by atoms with Gasteiger partial charge in [-0.3, -0.25) is 20.2 Å². The molecule has 1 N–H and O–H groups in total. The molecule has 0 atom stereocenters. The first-order valence-corrected chi connectivity index (χ1v) is 12.7. The first kappa shape index (κ1) is 24.6. The van der Waals surface area contributed by atoms with Gasteiger partial charge >= 0.3 is 5.00 Å². The number of nitro groups is 1. The van der Waals surface area contributed by atoms with Crippen LogP contribution in [0.3, 0.4) is 0 Å². The van der Waals surface area contributed by atoms with E-state index in [2.05, 4.69) is 38.0 Å². The van der Waals surface area contributed by atoms with Crippen LogP contribution in [0, 0.1) is 10.1 Å². The van der Waals surface area contributed by atoms with Crippen LogP contribution in [-0.2, 0) is 11.8 Å². The predicted molar refractivity (Wildman–Crippen MR) is 141 cm³/mol. The summed E-state index contributed by atoms with van der Waals surface area (Å²) in [5.41, 5.74) is 3.92. The third-order valence-electron chi connectivity index (χ3n) is 5.38. The third kappa shape index (κ3) is 5.75. The fourth-order valence-corrected chi connectivity index (χ4v) is 4.92. The number of carbonyl (C=O) groups is 1. The molecule has 0 aliphatic rings. The highest BCUT2D eigenvalue weighted by molar-refractivity contribution is 7.19. The zero-order valence-electron chi connectivity index (χ0n) is 19.8. The van der Waals surface area contributed by atoms with Crippen molar-refractivity contribution in [1.82, 2.24) is 4.98 Å². The molecule has 4 rings (SSSR count). The maximum Gasteiger partial charge on any atom is 0.324 e. The summed E-state index contributed by atoms with van der Waals surface area (Å²) in [5, 5.41) is 14.5. The molecule has 0 radical (unpaired) electrons. The molecule has 180 valence electrons. The minimum absolute atomic E-state index is 0.0313. The molecule has 0 saturated carbocycles. The molecule has 4 aromatic rings. The summed E-state index contributed by atoms with van der Waals surface area (Å²) >= 11 is 2.03. The van der Waals surface area contributed by atoms with Crippen LogP contribution >= 0.6 is 22.7 Å². The number of thiazole rings is 1. The number of aryl methyl sites for hydroxylation is 1. The van der Waals surface area contributed by atoms with Crippen LogP contribution in [0.5, 0.6) is 10.8 Å². The maximum atomic E-state index is 12.7. The van der Waals surface area contributed by atoms with Gasteiger partial charge in [0.15, 0.2) is 5.13 Å². The number of nitrogens with zero attached hydrogens (tertiary/aromatic N) is 2. The van der Waals surface area contributed by atoms with Crippen molar-refractivity contribution in [3.8, 4) is 22.1 Å². The number of hydrogen-bond acceptors (Lipinski definition) is 7. The Labute approximate surface area is 211 Å². The van der Waals surface area contributed by atoms with Gasteiger partial charge in [-0.1, -0.05) is 86.8 Å². The highest BCUT2D eigenvalue weighted by Gasteiger charge is 2.21. The van der Waals surface area contributed by atoms with E-state index >= 15 is 0 Å². The summed E-state index contributed by atoms with van der Waals surface area (Å²) in [6.45, 7) is 8.56. The van der Waals surface area contributed by atoms with E-state index < -0.39 is 10.8 Å². The van der Waals surface area contributed by atoms with Gasteiger partial charge in [0, 0.05) is 11.6 Å². The second-order valence-corrected chi connectivity index (χ2v) is 11.0. The molecule has 1 amide bonds. The Bertz CT molecular complexity index is 1350. The van der Waals surface area contributed by atoms with Crippen LogP contribution in [-0.4, -0.2) is 15.8 Å². The van der Waals surface area contributed by atoms with Crippen molar-refractivity contribution in [2.75, 3.05) is 5.32 Å². The van der Waals surface area contributed by atoms with Crippen molar-refractivity contribution in [2.24, 2.45) is 0 Å². The lowest BCUT2D eigenvalue weighted by molar-refractivity contribution is -0.380. The van der Waals surface area contributed by atoms with Crippen molar-refractivity contribution in [1.29, 1.82) is 0 Å². The Balaban J connectivity index is 1.64. The Hall–Kier alpha value is -3.56. The molecule has 0 bridgehead atoms. The molecule has 0 saturated heterocycles. The summed E-state index contributed by atoms with van der Waals surface area (Å²) in [4.78, 5) is 28.0. The van der Waals surface area contributed by atoms with Gasteiger partial charge in [-0.25, -0.2) is 4.98 Å². The monoisotopic (exact) mass is 507 g/mol. The molecule has 7 nitrogen and oxygen atoms in total. The predicted octanol–water partition coefficient (Wildman–Crippen LogP) is 7.68. The SMILES string of the molecule is CCc1ccc(-c2nc(NC(=O)c3ccc([N+](=O)[O-])s3)sc2Oc2ccc(C(C)(C)C)cc2)cc1. The van der Waals surface area contributed by atoms with Crippen LogP contribution in [0.1, 0.15) is 48.5 Å². The summed E-state index contributed by atoms with van der Waals surface area (Å²) in [6.07, 6.45) is 0.926. The van der Waals surface area contributed by atoms with Gasteiger partial charge < -0.3 is 4.74 Å².